The molecule has 3 aromatic rings. The summed E-state index contributed by atoms with van der Waals surface area (Å²) in [5.41, 5.74) is 3.84. The lowest BCUT2D eigenvalue weighted by Crippen LogP contribution is -2.56. The molecule has 1 aromatic carbocycles. The fourth-order valence-corrected chi connectivity index (χ4v) is 6.29. The number of carbonyl (C=O) groups excluding carboxylic acids is 1. The third kappa shape index (κ3) is 4.16. The van der Waals surface area contributed by atoms with E-state index in [1.54, 1.807) is 4.68 Å². The quantitative estimate of drug-likeness (QED) is 0.592. The van der Waals surface area contributed by atoms with E-state index in [0.29, 0.717) is 11.7 Å². The Morgan fingerprint density at radius 3 is 2.64 bits per heavy atom. The van der Waals surface area contributed by atoms with Crippen molar-refractivity contribution in [2.75, 3.05) is 49.6 Å². The average Bonchev–Trinajstić information content (AvgIpc) is 3.15. The van der Waals surface area contributed by atoms with Crippen LogP contribution < -0.4 is 10.2 Å². The van der Waals surface area contributed by atoms with Crippen molar-refractivity contribution in [2.45, 2.75) is 38.6 Å². The van der Waals surface area contributed by atoms with Crippen LogP contribution in [0.1, 0.15) is 37.3 Å². The van der Waals surface area contributed by atoms with Gasteiger partial charge in [-0.3, -0.25) is 14.4 Å². The number of nitrogens with zero attached hydrogens (tertiary/aromatic N) is 5. The van der Waals surface area contributed by atoms with Crippen molar-refractivity contribution < 1.29 is 9.53 Å². The third-order valence-corrected chi connectivity index (χ3v) is 8.66. The van der Waals surface area contributed by atoms with Gasteiger partial charge in [0.05, 0.1) is 12.8 Å². The van der Waals surface area contributed by atoms with E-state index in [2.05, 4.69) is 58.1 Å². The van der Waals surface area contributed by atoms with Crippen LogP contribution in [-0.2, 0) is 16.6 Å². The van der Waals surface area contributed by atoms with Crippen molar-refractivity contribution in [1.29, 1.82) is 0 Å². The van der Waals surface area contributed by atoms with Crippen LogP contribution in [0.25, 0.3) is 10.8 Å². The minimum atomic E-state index is -0.0382. The summed E-state index contributed by atoms with van der Waals surface area (Å²) in [6, 6.07) is 6.48. The Morgan fingerprint density at radius 2 is 1.94 bits per heavy atom. The molecule has 6 rings (SSSR count). The summed E-state index contributed by atoms with van der Waals surface area (Å²) in [5.74, 6) is 1.15. The van der Waals surface area contributed by atoms with Crippen LogP contribution in [0.4, 0.5) is 11.5 Å². The number of aromatic nitrogens is 3. The summed E-state index contributed by atoms with van der Waals surface area (Å²) in [6.45, 7) is 12.5. The molecule has 2 aromatic heterocycles. The highest BCUT2D eigenvalue weighted by Crippen LogP contribution is 2.54. The molecule has 0 bridgehead atoms. The number of anilines is 2. The topological polar surface area (TPSA) is 75.5 Å². The van der Waals surface area contributed by atoms with Gasteiger partial charge in [-0.2, -0.15) is 5.10 Å². The Bertz CT molecular complexity index is 1290. The number of rotatable bonds is 5. The largest absolute Gasteiger partial charge is 0.379 e. The van der Waals surface area contributed by atoms with Crippen molar-refractivity contribution in [2.24, 2.45) is 18.9 Å². The second-order valence-electron chi connectivity index (χ2n) is 11.2. The lowest BCUT2D eigenvalue weighted by Gasteiger charge is -2.44. The van der Waals surface area contributed by atoms with Crippen LogP contribution in [0, 0.1) is 18.8 Å². The first-order chi connectivity index (χ1) is 17.3. The minimum absolute atomic E-state index is 0.0380. The summed E-state index contributed by atoms with van der Waals surface area (Å²) in [4.78, 5) is 22.7. The number of amides is 1. The van der Waals surface area contributed by atoms with Crippen molar-refractivity contribution in [1.82, 2.24) is 19.7 Å². The molecule has 4 heterocycles. The number of ether oxygens (including phenoxy) is 1. The number of hydrogen-bond donors (Lipinski definition) is 1. The van der Waals surface area contributed by atoms with E-state index in [9.17, 15) is 4.79 Å². The van der Waals surface area contributed by atoms with Gasteiger partial charge < -0.3 is 15.0 Å². The molecule has 2 saturated heterocycles. The minimum Gasteiger partial charge on any atom is -0.379 e. The maximum absolute atomic E-state index is 13.0. The van der Waals surface area contributed by atoms with Gasteiger partial charge in [-0.25, -0.2) is 4.98 Å². The van der Waals surface area contributed by atoms with Crippen LogP contribution in [0.15, 0.2) is 36.8 Å². The Morgan fingerprint density at radius 1 is 1.14 bits per heavy atom. The number of carbonyl (C=O) groups is 1. The first-order valence-corrected chi connectivity index (χ1v) is 13.1. The van der Waals surface area contributed by atoms with Gasteiger partial charge in [-0.05, 0) is 60.9 Å². The Hall–Kier alpha value is -2.97. The Labute approximate surface area is 212 Å². The monoisotopic (exact) mass is 488 g/mol. The normalized spacial score (nSPS) is 28.6. The van der Waals surface area contributed by atoms with Crippen LogP contribution >= 0.6 is 0 Å². The van der Waals surface area contributed by atoms with Crippen molar-refractivity contribution in [3.05, 3.63) is 47.9 Å². The molecule has 2 aliphatic heterocycles. The molecule has 0 spiro atoms. The number of hydrogen-bond acceptors (Lipinski definition) is 6. The fraction of sp³-hybridized carbons (Fsp3) is 0.536. The maximum atomic E-state index is 13.0. The predicted molar refractivity (Wildman–Crippen MR) is 141 cm³/mol. The van der Waals surface area contributed by atoms with Gasteiger partial charge in [0.25, 0.3) is 0 Å². The van der Waals surface area contributed by atoms with E-state index in [1.165, 1.54) is 11.3 Å². The van der Waals surface area contributed by atoms with Gasteiger partial charge in [-0.15, -0.1) is 0 Å². The summed E-state index contributed by atoms with van der Waals surface area (Å²) >= 11 is 0. The molecular formula is C28H36N6O2. The van der Waals surface area contributed by atoms with Gasteiger partial charge >= 0.3 is 0 Å². The second-order valence-corrected chi connectivity index (χ2v) is 11.2. The van der Waals surface area contributed by atoms with Crippen LogP contribution in [0.2, 0.25) is 0 Å². The zero-order chi connectivity index (χ0) is 25.0. The smallest absolute Gasteiger partial charge is 0.229 e. The molecule has 1 N–H and O–H groups in total. The highest BCUT2D eigenvalue weighted by Gasteiger charge is 2.53. The molecule has 190 valence electrons. The van der Waals surface area contributed by atoms with Crippen LogP contribution in [0.3, 0.4) is 0 Å². The maximum Gasteiger partial charge on any atom is 0.229 e. The zero-order valence-corrected chi connectivity index (χ0v) is 21.7. The van der Waals surface area contributed by atoms with E-state index < -0.39 is 0 Å². The van der Waals surface area contributed by atoms with E-state index in [1.807, 2.05) is 31.7 Å². The summed E-state index contributed by atoms with van der Waals surface area (Å²) < 4.78 is 7.48. The molecule has 1 aliphatic carbocycles. The predicted octanol–water partition coefficient (Wildman–Crippen LogP) is 3.57. The molecule has 0 radical (unpaired) electrons. The molecule has 8 heteroatoms. The second kappa shape index (κ2) is 8.85. The SMILES string of the molecule is Cc1cc2cnc(NC(=O)[C@@H]3[C@H](C)[C@H]3c3cnn(C)c3)cc2cc1N1CCN([C@@]2(C)CCOC2)CC1. The molecule has 3 aliphatic rings. The Balaban J connectivity index is 1.16. The van der Waals surface area contributed by atoms with Crippen LogP contribution in [0.5, 0.6) is 0 Å². The highest BCUT2D eigenvalue weighted by molar-refractivity contribution is 5.97. The van der Waals surface area contributed by atoms with Crippen molar-refractivity contribution in [3.63, 3.8) is 0 Å². The molecule has 0 unspecified atom stereocenters. The molecule has 36 heavy (non-hydrogen) atoms. The summed E-state index contributed by atoms with van der Waals surface area (Å²) in [7, 11) is 1.91. The highest BCUT2D eigenvalue weighted by atomic mass is 16.5. The molecule has 1 saturated carbocycles. The average molecular weight is 489 g/mol. The molecule has 3 fully saturated rings. The van der Waals surface area contributed by atoms with Crippen molar-refractivity contribution in [3.8, 4) is 0 Å². The van der Waals surface area contributed by atoms with Crippen molar-refractivity contribution >= 4 is 28.2 Å². The van der Waals surface area contributed by atoms with Gasteiger partial charge in [-0.1, -0.05) is 6.92 Å². The number of benzene rings is 1. The molecule has 4 atom stereocenters. The third-order valence-electron chi connectivity index (χ3n) is 8.66. The molecule has 8 nitrogen and oxygen atoms in total. The van der Waals surface area contributed by atoms with Gasteiger partial charge in [0, 0.05) is 80.7 Å². The van der Waals surface area contributed by atoms with Crippen LogP contribution in [-0.4, -0.2) is 70.5 Å². The fourth-order valence-electron chi connectivity index (χ4n) is 6.29. The molecule has 1 amide bonds. The number of fused-ring (bicyclic) bond motifs is 1. The number of nitrogens with one attached hydrogen (secondary N) is 1. The first kappa shape index (κ1) is 23.4. The standard InChI is InChI=1S/C28H36N6O2/c1-18-11-21-14-29-24(31-27(35)26-19(2)25(26)22-15-30-32(4)16-22)13-20(21)12-23(18)33-6-8-34(9-7-33)28(3)5-10-36-17-28/h11-16,19,25-26H,5-10,17H2,1-4H3,(H,29,31,35)/t19-,25+,26-,28+/m1/s1. The molecular weight excluding hydrogens is 452 g/mol. The number of pyridine rings is 1. The van der Waals surface area contributed by atoms with E-state index in [-0.39, 0.29) is 23.3 Å². The van der Waals surface area contributed by atoms with Gasteiger partial charge in [0.2, 0.25) is 5.91 Å². The Kier molecular flexibility index (Phi) is 5.76. The first-order valence-electron chi connectivity index (χ1n) is 13.1. The number of aryl methyl sites for hydroxylation is 2. The van der Waals surface area contributed by atoms with Gasteiger partial charge in [0.15, 0.2) is 0 Å². The summed E-state index contributed by atoms with van der Waals surface area (Å²) in [6.07, 6.45) is 6.87. The number of piperazine rings is 1. The van der Waals surface area contributed by atoms with E-state index >= 15 is 0 Å². The van der Waals surface area contributed by atoms with E-state index in [4.69, 9.17) is 4.74 Å². The zero-order valence-electron chi connectivity index (χ0n) is 21.7. The summed E-state index contributed by atoms with van der Waals surface area (Å²) in [5, 5.41) is 9.54. The lowest BCUT2D eigenvalue weighted by molar-refractivity contribution is -0.117. The van der Waals surface area contributed by atoms with E-state index in [0.717, 1.165) is 62.1 Å². The lowest BCUT2D eigenvalue weighted by atomic mass is 9.97. The van der Waals surface area contributed by atoms with Gasteiger partial charge in [0.1, 0.15) is 5.82 Å².